The van der Waals surface area contributed by atoms with E-state index < -0.39 is 11.9 Å². The van der Waals surface area contributed by atoms with Crippen molar-refractivity contribution < 1.29 is 23.9 Å². The molecule has 1 aromatic heterocycles. The first-order chi connectivity index (χ1) is 17.9. The highest BCUT2D eigenvalue weighted by Gasteiger charge is 2.16. The van der Waals surface area contributed by atoms with Crippen LogP contribution in [0.1, 0.15) is 49.7 Å². The molecule has 14 heteroatoms. The van der Waals surface area contributed by atoms with E-state index in [9.17, 15) is 9.59 Å². The Labute approximate surface area is 226 Å². The van der Waals surface area contributed by atoms with Gasteiger partial charge in [-0.25, -0.2) is 14.8 Å². The minimum Gasteiger partial charge on any atom is -0.482 e. The molecule has 1 amide bonds. The first-order valence-corrected chi connectivity index (χ1v) is 12.3. The number of aliphatic imine (C=N–C) groups is 1. The Morgan fingerprint density at radius 3 is 2.47 bits per heavy atom. The Kier molecular flexibility index (Phi) is 12.0. The summed E-state index contributed by atoms with van der Waals surface area (Å²) in [6, 6.07) is 7.45. The molecular weight excluding hydrogens is 516 g/mol. The number of nitrogen functional groups attached to an aromatic ring is 2. The van der Waals surface area contributed by atoms with Crippen molar-refractivity contribution >= 4 is 41.1 Å². The average Bonchev–Trinajstić information content (AvgIpc) is 2.84. The molecule has 2 rings (SSSR count). The van der Waals surface area contributed by atoms with E-state index in [-0.39, 0.29) is 47.3 Å². The van der Waals surface area contributed by atoms with Gasteiger partial charge in [0, 0.05) is 6.54 Å². The number of guanidine groups is 1. The maximum absolute atomic E-state index is 12.2. The predicted molar refractivity (Wildman–Crippen MR) is 144 cm³/mol. The molecule has 0 saturated carbocycles. The van der Waals surface area contributed by atoms with Crippen molar-refractivity contribution in [1.82, 2.24) is 20.8 Å². The Bertz CT molecular complexity index is 1110. The van der Waals surface area contributed by atoms with E-state index in [1.807, 2.05) is 32.9 Å². The topological polar surface area (TPSA) is 202 Å². The third-order valence-electron chi connectivity index (χ3n) is 4.64. The average molecular weight is 551 g/mol. The first-order valence-electron chi connectivity index (χ1n) is 11.9. The number of aryl methyl sites for hydroxylation is 1. The first kappa shape index (κ1) is 30.5. The smallest absolute Gasteiger partial charge is 0.344 e. The number of amides is 1. The quantitative estimate of drug-likeness (QED) is 0.0796. The van der Waals surface area contributed by atoms with Crippen LogP contribution >= 0.6 is 11.6 Å². The van der Waals surface area contributed by atoms with Crippen LogP contribution in [-0.2, 0) is 20.8 Å². The Balaban J connectivity index is 1.63. The monoisotopic (exact) mass is 550 g/mol. The lowest BCUT2D eigenvalue weighted by atomic mass is 10.1. The largest absolute Gasteiger partial charge is 0.482 e. The van der Waals surface area contributed by atoms with E-state index in [2.05, 4.69) is 25.8 Å². The van der Waals surface area contributed by atoms with E-state index in [0.717, 1.165) is 24.8 Å². The number of carbonyl (C=O) groups excluding carboxylic acids is 2. The number of hydroxylamine groups is 1. The molecule has 8 N–H and O–H groups in total. The Morgan fingerprint density at radius 2 is 1.79 bits per heavy atom. The molecule has 0 radical (unpaired) electrons. The van der Waals surface area contributed by atoms with Gasteiger partial charge in [-0.1, -0.05) is 23.7 Å². The number of unbranched alkanes of at least 4 members (excludes halogenated alkanes) is 1. The van der Waals surface area contributed by atoms with Gasteiger partial charge in [-0.15, -0.1) is 0 Å². The van der Waals surface area contributed by atoms with Crippen molar-refractivity contribution in [3.63, 3.8) is 0 Å². The molecule has 0 fully saturated rings. The highest BCUT2D eigenvalue weighted by molar-refractivity contribution is 6.31. The number of nitrogens with one attached hydrogen (secondary N) is 2. The Morgan fingerprint density at radius 1 is 1.08 bits per heavy atom. The van der Waals surface area contributed by atoms with Crippen LogP contribution in [0.25, 0.3) is 0 Å². The van der Waals surface area contributed by atoms with Gasteiger partial charge in [0.05, 0.1) is 12.1 Å². The zero-order valence-electron chi connectivity index (χ0n) is 21.8. The minimum atomic E-state index is -0.684. The van der Waals surface area contributed by atoms with Crippen LogP contribution < -0.4 is 32.7 Å². The number of anilines is 2. The van der Waals surface area contributed by atoms with E-state index in [0.29, 0.717) is 18.8 Å². The fourth-order valence-corrected chi connectivity index (χ4v) is 3.00. The molecule has 0 bridgehead atoms. The summed E-state index contributed by atoms with van der Waals surface area (Å²) >= 11 is 5.78. The lowest BCUT2D eigenvalue weighted by Gasteiger charge is -2.19. The number of carbonyl (C=O) groups is 2. The Hall–Kier alpha value is -3.68. The number of hydrogen-bond acceptors (Lipinski definition) is 11. The summed E-state index contributed by atoms with van der Waals surface area (Å²) in [6.45, 7) is 6.53. The van der Waals surface area contributed by atoms with Gasteiger partial charge in [-0.05, 0) is 57.7 Å². The SMILES string of the molecule is CC(C)(C)ONCCOC(=O)COc1ccc(CCCCN=C(N)NC(=O)c2nc(Cl)c(N)nc2N)cc1. The van der Waals surface area contributed by atoms with E-state index in [1.165, 1.54) is 0 Å². The van der Waals surface area contributed by atoms with Gasteiger partial charge >= 0.3 is 5.97 Å². The van der Waals surface area contributed by atoms with Crippen molar-refractivity contribution in [2.24, 2.45) is 10.7 Å². The van der Waals surface area contributed by atoms with Gasteiger partial charge in [-0.2, -0.15) is 5.48 Å². The lowest BCUT2D eigenvalue weighted by Crippen LogP contribution is -2.38. The number of benzene rings is 1. The molecule has 0 atom stereocenters. The number of esters is 1. The molecule has 0 spiro atoms. The molecule has 2 aromatic rings. The molecule has 13 nitrogen and oxygen atoms in total. The number of halogens is 1. The third-order valence-corrected chi connectivity index (χ3v) is 4.92. The van der Waals surface area contributed by atoms with Gasteiger partial charge in [0.1, 0.15) is 12.4 Å². The van der Waals surface area contributed by atoms with Crippen molar-refractivity contribution in [2.75, 3.05) is 37.8 Å². The van der Waals surface area contributed by atoms with Gasteiger partial charge in [0.25, 0.3) is 5.91 Å². The number of aromatic nitrogens is 2. The van der Waals surface area contributed by atoms with E-state index >= 15 is 0 Å². The standard InChI is InChI=1S/C24H35ClN8O5/c1-24(2,3)38-30-12-13-36-17(34)14-37-16-9-7-15(8-10-16)6-4-5-11-29-23(28)33-22(35)18-20(26)32-21(27)19(25)31-18/h7-10,30H,4-6,11-14H2,1-3H3,(H4,26,27,32)(H3,28,29,33,35). The molecule has 208 valence electrons. The molecule has 0 unspecified atom stereocenters. The van der Waals surface area contributed by atoms with Crippen LogP contribution in [0.5, 0.6) is 5.75 Å². The molecule has 0 aliphatic carbocycles. The van der Waals surface area contributed by atoms with Gasteiger partial charge < -0.3 is 26.7 Å². The number of nitrogens with zero attached hydrogens (tertiary/aromatic N) is 3. The molecule has 0 saturated heterocycles. The van der Waals surface area contributed by atoms with E-state index in [4.69, 9.17) is 43.1 Å². The summed E-state index contributed by atoms with van der Waals surface area (Å²) < 4.78 is 10.5. The van der Waals surface area contributed by atoms with Crippen LogP contribution in [0.3, 0.4) is 0 Å². The lowest BCUT2D eigenvalue weighted by molar-refractivity contribution is -0.147. The van der Waals surface area contributed by atoms with Crippen LogP contribution in [0.2, 0.25) is 5.15 Å². The summed E-state index contributed by atoms with van der Waals surface area (Å²) in [5, 5.41) is 2.26. The maximum atomic E-state index is 12.2. The highest BCUT2D eigenvalue weighted by atomic mass is 35.5. The van der Waals surface area contributed by atoms with Gasteiger partial charge in [-0.3, -0.25) is 19.9 Å². The fraction of sp³-hybridized carbons (Fsp3) is 0.458. The van der Waals surface area contributed by atoms with Crippen LogP contribution in [0.4, 0.5) is 11.6 Å². The molecule has 0 aliphatic rings. The molecule has 0 aliphatic heterocycles. The van der Waals surface area contributed by atoms with E-state index in [1.54, 1.807) is 12.1 Å². The second-order valence-electron chi connectivity index (χ2n) is 9.07. The summed E-state index contributed by atoms with van der Waals surface area (Å²) in [5.74, 6) is -0.882. The zero-order valence-corrected chi connectivity index (χ0v) is 22.5. The molecule has 1 heterocycles. The fourth-order valence-electron chi connectivity index (χ4n) is 2.87. The maximum Gasteiger partial charge on any atom is 0.344 e. The second-order valence-corrected chi connectivity index (χ2v) is 9.43. The number of ether oxygens (including phenoxy) is 2. The van der Waals surface area contributed by atoms with Crippen molar-refractivity contribution in [3.05, 3.63) is 40.7 Å². The molecular formula is C24H35ClN8O5. The highest BCUT2D eigenvalue weighted by Crippen LogP contribution is 2.17. The summed E-state index contributed by atoms with van der Waals surface area (Å²) in [4.78, 5) is 41.0. The second kappa shape index (κ2) is 14.9. The molecule has 38 heavy (non-hydrogen) atoms. The van der Waals surface area contributed by atoms with Crippen molar-refractivity contribution in [3.8, 4) is 5.75 Å². The zero-order chi connectivity index (χ0) is 28.1. The summed E-state index contributed by atoms with van der Waals surface area (Å²) in [6.07, 6.45) is 2.39. The number of nitrogens with two attached hydrogens (primary N) is 3. The summed E-state index contributed by atoms with van der Waals surface area (Å²) in [5.41, 5.74) is 20.2. The van der Waals surface area contributed by atoms with Gasteiger partial charge in [0.15, 0.2) is 35.0 Å². The predicted octanol–water partition coefficient (Wildman–Crippen LogP) is 1.60. The van der Waals surface area contributed by atoms with Crippen LogP contribution in [0, 0.1) is 0 Å². The number of rotatable bonds is 13. The molecule has 1 aromatic carbocycles. The van der Waals surface area contributed by atoms with Gasteiger partial charge in [0.2, 0.25) is 0 Å². The third kappa shape index (κ3) is 11.6. The van der Waals surface area contributed by atoms with Crippen molar-refractivity contribution in [1.29, 1.82) is 0 Å². The van der Waals surface area contributed by atoms with Crippen LogP contribution in [0.15, 0.2) is 29.3 Å². The summed E-state index contributed by atoms with van der Waals surface area (Å²) in [7, 11) is 0. The van der Waals surface area contributed by atoms with Crippen LogP contribution in [-0.4, -0.2) is 59.7 Å². The normalized spacial score (nSPS) is 11.7. The van der Waals surface area contributed by atoms with Crippen molar-refractivity contribution in [2.45, 2.75) is 45.6 Å². The minimum absolute atomic E-state index is 0.0707. The number of hydrogen-bond donors (Lipinski definition) is 5.